The van der Waals surface area contributed by atoms with Crippen molar-refractivity contribution in [2.24, 2.45) is 0 Å². The van der Waals surface area contributed by atoms with E-state index in [2.05, 4.69) is 9.97 Å². The van der Waals surface area contributed by atoms with Gasteiger partial charge in [-0.25, -0.2) is 14.4 Å². The molecule has 0 spiro atoms. The molecule has 0 saturated heterocycles. The molecule has 1 amide bonds. The number of hydrogen-bond acceptors (Lipinski definition) is 4. The summed E-state index contributed by atoms with van der Waals surface area (Å²) < 4.78 is 16.1. The second kappa shape index (κ2) is 8.70. The van der Waals surface area contributed by atoms with Gasteiger partial charge in [-0.3, -0.25) is 9.48 Å². The molecule has 2 aromatic heterocycles. The molecule has 0 radical (unpaired) electrons. The molecule has 0 atom stereocenters. The fraction of sp³-hybridized carbons (Fsp3) is 0.200. The van der Waals surface area contributed by atoms with E-state index in [1.165, 1.54) is 6.07 Å². The van der Waals surface area contributed by atoms with Crippen molar-refractivity contribution in [3.8, 4) is 11.5 Å². The number of aromatic nitrogens is 4. The quantitative estimate of drug-likeness (QED) is 0.488. The summed E-state index contributed by atoms with van der Waals surface area (Å²) >= 11 is 0. The summed E-state index contributed by atoms with van der Waals surface area (Å²) in [4.78, 5) is 23.6. The van der Waals surface area contributed by atoms with Gasteiger partial charge in [0.15, 0.2) is 5.82 Å². The summed E-state index contributed by atoms with van der Waals surface area (Å²) in [5.74, 6) is 0.321. The fourth-order valence-electron chi connectivity index (χ4n) is 4.11. The molecule has 0 aliphatic carbocycles. The maximum atomic E-state index is 14.3. The number of benzene rings is 2. The summed E-state index contributed by atoms with van der Waals surface area (Å²) in [6, 6.07) is 18.2. The van der Waals surface area contributed by atoms with Crippen LogP contribution in [-0.2, 0) is 30.7 Å². The minimum absolute atomic E-state index is 0.0728. The largest absolute Gasteiger partial charge is 0.338 e. The van der Waals surface area contributed by atoms with Gasteiger partial charge in [-0.1, -0.05) is 48.5 Å². The number of carbonyl (C=O) groups excluding carboxylic acids is 1. The topological polar surface area (TPSA) is 63.9 Å². The minimum atomic E-state index is -0.260. The van der Waals surface area contributed by atoms with Crippen LogP contribution in [-0.4, -0.2) is 37.1 Å². The van der Waals surface area contributed by atoms with Crippen LogP contribution >= 0.6 is 0 Å². The molecule has 5 rings (SSSR count). The maximum absolute atomic E-state index is 14.3. The van der Waals surface area contributed by atoms with Crippen LogP contribution in [0.2, 0.25) is 0 Å². The lowest BCUT2D eigenvalue weighted by Crippen LogP contribution is -2.37. The van der Waals surface area contributed by atoms with Crippen LogP contribution in [0.15, 0.2) is 73.1 Å². The highest BCUT2D eigenvalue weighted by molar-refractivity contribution is 5.79. The predicted octanol–water partition coefficient (Wildman–Crippen LogP) is 3.65. The lowest BCUT2D eigenvalue weighted by atomic mass is 10.0. The first kappa shape index (κ1) is 20.1. The molecule has 32 heavy (non-hydrogen) atoms. The van der Waals surface area contributed by atoms with Crippen molar-refractivity contribution >= 4 is 5.91 Å². The Hall–Kier alpha value is -3.87. The Kier molecular flexibility index (Phi) is 5.46. The van der Waals surface area contributed by atoms with Gasteiger partial charge in [-0.05, 0) is 17.7 Å². The highest BCUT2D eigenvalue weighted by Crippen LogP contribution is 2.29. The first-order chi connectivity index (χ1) is 15.7. The predicted molar refractivity (Wildman–Crippen MR) is 118 cm³/mol. The van der Waals surface area contributed by atoms with Crippen LogP contribution in [0, 0.1) is 5.82 Å². The van der Waals surface area contributed by atoms with Crippen molar-refractivity contribution < 1.29 is 9.18 Å². The molecule has 1 aliphatic heterocycles. The van der Waals surface area contributed by atoms with Crippen molar-refractivity contribution in [1.29, 1.82) is 0 Å². The van der Waals surface area contributed by atoms with Crippen molar-refractivity contribution in [2.45, 2.75) is 25.9 Å². The number of halogens is 1. The second-order valence-corrected chi connectivity index (χ2v) is 7.82. The lowest BCUT2D eigenvalue weighted by molar-refractivity contribution is -0.131. The number of carbonyl (C=O) groups is 1. The standard InChI is InChI=1S/C25H22FN5O/c26-21-10-5-4-9-19(21)16-31-22-11-14-30(23(32)15-18-7-2-1-3-8-18)17-20(22)24(29-31)25-27-12-6-13-28-25/h1-10,12-13H,11,14-17H2. The zero-order valence-corrected chi connectivity index (χ0v) is 17.5. The number of fused-ring (bicyclic) bond motifs is 1. The fourth-order valence-corrected chi connectivity index (χ4v) is 4.11. The summed E-state index contributed by atoms with van der Waals surface area (Å²) in [5.41, 5.74) is 4.14. The van der Waals surface area contributed by atoms with Gasteiger partial charge < -0.3 is 4.90 Å². The normalized spacial score (nSPS) is 13.1. The average Bonchev–Trinajstić information content (AvgIpc) is 3.19. The highest BCUT2D eigenvalue weighted by atomic mass is 19.1. The summed E-state index contributed by atoms with van der Waals surface area (Å²) in [7, 11) is 0. The monoisotopic (exact) mass is 427 g/mol. The molecule has 1 aliphatic rings. The smallest absolute Gasteiger partial charge is 0.227 e. The minimum Gasteiger partial charge on any atom is -0.338 e. The van der Waals surface area contributed by atoms with E-state index < -0.39 is 0 Å². The molecule has 6 nitrogen and oxygen atoms in total. The van der Waals surface area contributed by atoms with Gasteiger partial charge in [-0.2, -0.15) is 5.10 Å². The summed E-state index contributed by atoms with van der Waals surface area (Å²) in [6.07, 6.45) is 4.35. The van der Waals surface area contributed by atoms with Gasteiger partial charge in [0.1, 0.15) is 11.5 Å². The molecule has 0 fully saturated rings. The van der Waals surface area contributed by atoms with E-state index in [1.54, 1.807) is 30.6 Å². The van der Waals surface area contributed by atoms with Crippen molar-refractivity contribution in [2.75, 3.05) is 6.54 Å². The van der Waals surface area contributed by atoms with E-state index in [0.717, 1.165) is 16.8 Å². The molecule has 4 aromatic rings. The Morgan fingerprint density at radius 1 is 0.969 bits per heavy atom. The molecular formula is C25H22FN5O. The third-order valence-corrected chi connectivity index (χ3v) is 5.74. The molecule has 160 valence electrons. The van der Waals surface area contributed by atoms with Crippen LogP contribution in [0.4, 0.5) is 4.39 Å². The van der Waals surface area contributed by atoms with Gasteiger partial charge in [0, 0.05) is 48.7 Å². The second-order valence-electron chi connectivity index (χ2n) is 7.82. The first-order valence-corrected chi connectivity index (χ1v) is 10.6. The molecule has 0 N–H and O–H groups in total. The maximum Gasteiger partial charge on any atom is 0.227 e. The number of amides is 1. The van der Waals surface area contributed by atoms with E-state index in [4.69, 9.17) is 5.10 Å². The van der Waals surface area contributed by atoms with Gasteiger partial charge in [0.2, 0.25) is 5.91 Å². The van der Waals surface area contributed by atoms with E-state index >= 15 is 0 Å². The number of rotatable bonds is 5. The average molecular weight is 427 g/mol. The lowest BCUT2D eigenvalue weighted by Gasteiger charge is -2.28. The van der Waals surface area contributed by atoms with E-state index in [0.29, 0.717) is 49.6 Å². The molecular weight excluding hydrogens is 405 g/mol. The van der Waals surface area contributed by atoms with E-state index in [-0.39, 0.29) is 11.7 Å². The van der Waals surface area contributed by atoms with Gasteiger partial charge >= 0.3 is 0 Å². The van der Waals surface area contributed by atoms with Crippen LogP contribution in [0.25, 0.3) is 11.5 Å². The van der Waals surface area contributed by atoms with E-state index in [9.17, 15) is 9.18 Å². The summed E-state index contributed by atoms with van der Waals surface area (Å²) in [6.45, 7) is 1.35. The third-order valence-electron chi connectivity index (χ3n) is 5.74. The Morgan fingerprint density at radius 3 is 2.50 bits per heavy atom. The van der Waals surface area contributed by atoms with Crippen molar-refractivity contribution in [3.63, 3.8) is 0 Å². The molecule has 0 unspecified atom stereocenters. The van der Waals surface area contributed by atoms with Crippen LogP contribution < -0.4 is 0 Å². The Labute approximate surface area is 185 Å². The number of hydrogen-bond donors (Lipinski definition) is 0. The van der Waals surface area contributed by atoms with Crippen molar-refractivity contribution in [1.82, 2.24) is 24.6 Å². The van der Waals surface area contributed by atoms with Crippen molar-refractivity contribution in [3.05, 3.63) is 101 Å². The zero-order chi connectivity index (χ0) is 21.9. The summed E-state index contributed by atoms with van der Waals surface area (Å²) in [5, 5.41) is 4.76. The molecule has 0 saturated carbocycles. The van der Waals surface area contributed by atoms with Gasteiger partial charge in [0.25, 0.3) is 0 Å². The Morgan fingerprint density at radius 2 is 1.72 bits per heavy atom. The Balaban J connectivity index is 1.47. The van der Waals surface area contributed by atoms with Gasteiger partial charge in [-0.15, -0.1) is 0 Å². The van der Waals surface area contributed by atoms with Crippen LogP contribution in [0.1, 0.15) is 22.4 Å². The van der Waals surface area contributed by atoms with Crippen LogP contribution in [0.5, 0.6) is 0 Å². The van der Waals surface area contributed by atoms with Crippen LogP contribution in [0.3, 0.4) is 0 Å². The third kappa shape index (κ3) is 4.01. The van der Waals surface area contributed by atoms with E-state index in [1.807, 2.05) is 46.0 Å². The zero-order valence-electron chi connectivity index (χ0n) is 17.5. The first-order valence-electron chi connectivity index (χ1n) is 10.6. The SMILES string of the molecule is O=C(Cc1ccccc1)N1CCc2c(c(-c3ncccn3)nn2Cc2ccccc2F)C1. The Bertz CT molecular complexity index is 1240. The molecule has 3 heterocycles. The molecule has 7 heteroatoms. The number of nitrogens with zero attached hydrogens (tertiary/aromatic N) is 5. The highest BCUT2D eigenvalue weighted by Gasteiger charge is 2.29. The molecule has 0 bridgehead atoms. The molecule has 2 aromatic carbocycles. The van der Waals surface area contributed by atoms with Gasteiger partial charge in [0.05, 0.1) is 13.0 Å².